The van der Waals surface area contributed by atoms with Gasteiger partial charge in [0.15, 0.2) is 0 Å². The molecular formula is C12H20N2O. The van der Waals surface area contributed by atoms with E-state index in [0.717, 1.165) is 25.9 Å². The van der Waals surface area contributed by atoms with Crippen molar-refractivity contribution in [2.45, 2.75) is 32.2 Å². The van der Waals surface area contributed by atoms with Crippen LogP contribution in [0.5, 0.6) is 0 Å². The van der Waals surface area contributed by atoms with Gasteiger partial charge in [0, 0.05) is 25.0 Å². The van der Waals surface area contributed by atoms with Gasteiger partial charge in [0.2, 0.25) is 0 Å². The largest absolute Gasteiger partial charge is 0.380 e. The summed E-state index contributed by atoms with van der Waals surface area (Å²) in [4.78, 5) is 3.98. The van der Waals surface area contributed by atoms with Crippen molar-refractivity contribution in [1.29, 1.82) is 0 Å². The fourth-order valence-electron chi connectivity index (χ4n) is 1.36. The lowest BCUT2D eigenvalue weighted by atomic mass is 10.1. The first kappa shape index (κ1) is 12.1. The van der Waals surface area contributed by atoms with Gasteiger partial charge < -0.3 is 10.5 Å². The Bertz CT molecular complexity index is 251. The normalized spacial score (nSPS) is 12.7. The van der Waals surface area contributed by atoms with Crippen LogP contribution in [0.15, 0.2) is 24.5 Å². The Morgan fingerprint density at radius 1 is 1.40 bits per heavy atom. The summed E-state index contributed by atoms with van der Waals surface area (Å²) in [6.45, 7) is 3.57. The monoisotopic (exact) mass is 208 g/mol. The van der Waals surface area contributed by atoms with Crippen molar-refractivity contribution >= 4 is 0 Å². The van der Waals surface area contributed by atoms with Crippen LogP contribution >= 0.6 is 0 Å². The van der Waals surface area contributed by atoms with Gasteiger partial charge in [0.05, 0.1) is 6.61 Å². The van der Waals surface area contributed by atoms with E-state index in [1.54, 1.807) is 0 Å². The van der Waals surface area contributed by atoms with Crippen molar-refractivity contribution in [3.8, 4) is 0 Å². The van der Waals surface area contributed by atoms with E-state index in [9.17, 15) is 0 Å². The maximum absolute atomic E-state index is 5.92. The summed E-state index contributed by atoms with van der Waals surface area (Å²) >= 11 is 0. The highest BCUT2D eigenvalue weighted by molar-refractivity contribution is 5.09. The van der Waals surface area contributed by atoms with Gasteiger partial charge >= 0.3 is 0 Å². The maximum Gasteiger partial charge on any atom is 0.0617 e. The van der Waals surface area contributed by atoms with E-state index < -0.39 is 0 Å². The van der Waals surface area contributed by atoms with Crippen molar-refractivity contribution in [2.75, 3.05) is 13.2 Å². The molecule has 0 radical (unpaired) electrons. The van der Waals surface area contributed by atoms with E-state index in [2.05, 4.69) is 11.9 Å². The van der Waals surface area contributed by atoms with Gasteiger partial charge in [-0.25, -0.2) is 0 Å². The average Bonchev–Trinajstić information content (AvgIpc) is 2.28. The summed E-state index contributed by atoms with van der Waals surface area (Å²) in [7, 11) is 0. The molecule has 0 saturated carbocycles. The van der Waals surface area contributed by atoms with E-state index in [1.165, 1.54) is 5.56 Å². The van der Waals surface area contributed by atoms with Crippen molar-refractivity contribution in [1.82, 2.24) is 4.98 Å². The molecule has 0 amide bonds. The van der Waals surface area contributed by atoms with Crippen LogP contribution in [0.3, 0.4) is 0 Å². The topological polar surface area (TPSA) is 48.1 Å². The third kappa shape index (κ3) is 5.50. The SMILES string of the molecule is CCCOCC(N)CCc1ccncc1. The minimum absolute atomic E-state index is 0.143. The summed E-state index contributed by atoms with van der Waals surface area (Å²) in [5.74, 6) is 0. The molecule has 84 valence electrons. The summed E-state index contributed by atoms with van der Waals surface area (Å²) < 4.78 is 5.40. The van der Waals surface area contributed by atoms with Crippen LogP contribution in [0, 0.1) is 0 Å². The summed E-state index contributed by atoms with van der Waals surface area (Å²) in [5, 5.41) is 0. The fraction of sp³-hybridized carbons (Fsp3) is 0.583. The van der Waals surface area contributed by atoms with E-state index >= 15 is 0 Å². The quantitative estimate of drug-likeness (QED) is 0.695. The Morgan fingerprint density at radius 3 is 2.80 bits per heavy atom. The molecule has 1 aromatic heterocycles. The van der Waals surface area contributed by atoms with Crippen LogP contribution < -0.4 is 5.73 Å². The summed E-state index contributed by atoms with van der Waals surface area (Å²) in [5.41, 5.74) is 7.21. The highest BCUT2D eigenvalue weighted by Gasteiger charge is 2.02. The third-order valence-corrected chi connectivity index (χ3v) is 2.23. The second kappa shape index (κ2) is 7.37. The fourth-order valence-corrected chi connectivity index (χ4v) is 1.36. The van der Waals surface area contributed by atoms with E-state index in [-0.39, 0.29) is 6.04 Å². The third-order valence-electron chi connectivity index (χ3n) is 2.23. The van der Waals surface area contributed by atoms with Gasteiger partial charge in [-0.2, -0.15) is 0 Å². The number of nitrogens with two attached hydrogens (primary N) is 1. The maximum atomic E-state index is 5.92. The van der Waals surface area contributed by atoms with Gasteiger partial charge in [0.1, 0.15) is 0 Å². The first-order valence-corrected chi connectivity index (χ1v) is 5.55. The molecule has 3 nitrogen and oxygen atoms in total. The zero-order valence-electron chi connectivity index (χ0n) is 9.36. The van der Waals surface area contributed by atoms with Gasteiger partial charge in [-0.05, 0) is 37.0 Å². The lowest BCUT2D eigenvalue weighted by Crippen LogP contribution is -2.27. The van der Waals surface area contributed by atoms with Crippen molar-refractivity contribution in [2.24, 2.45) is 5.73 Å². The molecule has 1 aromatic rings. The minimum atomic E-state index is 0.143. The first-order chi connectivity index (χ1) is 7.33. The highest BCUT2D eigenvalue weighted by atomic mass is 16.5. The lowest BCUT2D eigenvalue weighted by molar-refractivity contribution is 0.119. The summed E-state index contributed by atoms with van der Waals surface area (Å²) in [6, 6.07) is 4.20. The number of hydrogen-bond donors (Lipinski definition) is 1. The molecule has 1 heterocycles. The molecule has 0 saturated heterocycles. The van der Waals surface area contributed by atoms with Crippen LogP contribution in [0.25, 0.3) is 0 Å². The Labute approximate surface area is 91.7 Å². The van der Waals surface area contributed by atoms with Crippen LogP contribution in [0.2, 0.25) is 0 Å². The van der Waals surface area contributed by atoms with Crippen LogP contribution in [0.4, 0.5) is 0 Å². The van der Waals surface area contributed by atoms with Crippen LogP contribution in [0.1, 0.15) is 25.3 Å². The minimum Gasteiger partial charge on any atom is -0.380 e. The van der Waals surface area contributed by atoms with Gasteiger partial charge in [-0.1, -0.05) is 6.92 Å². The molecule has 3 heteroatoms. The lowest BCUT2D eigenvalue weighted by Gasteiger charge is -2.11. The second-order valence-corrected chi connectivity index (χ2v) is 3.73. The van der Waals surface area contributed by atoms with Crippen LogP contribution in [-0.4, -0.2) is 24.2 Å². The number of hydrogen-bond acceptors (Lipinski definition) is 3. The van der Waals surface area contributed by atoms with Gasteiger partial charge in [0.25, 0.3) is 0 Å². The molecule has 0 aliphatic heterocycles. The zero-order valence-corrected chi connectivity index (χ0v) is 9.36. The highest BCUT2D eigenvalue weighted by Crippen LogP contribution is 2.03. The Balaban J connectivity index is 2.14. The van der Waals surface area contributed by atoms with Crippen molar-refractivity contribution in [3.05, 3.63) is 30.1 Å². The zero-order chi connectivity index (χ0) is 10.9. The number of nitrogens with zero attached hydrogens (tertiary/aromatic N) is 1. The second-order valence-electron chi connectivity index (χ2n) is 3.73. The predicted molar refractivity (Wildman–Crippen MR) is 61.6 cm³/mol. The predicted octanol–water partition coefficient (Wildman–Crippen LogP) is 1.77. The van der Waals surface area contributed by atoms with Crippen molar-refractivity contribution in [3.63, 3.8) is 0 Å². The number of aromatic nitrogens is 1. The molecule has 15 heavy (non-hydrogen) atoms. The molecule has 2 N–H and O–H groups in total. The average molecular weight is 208 g/mol. The smallest absolute Gasteiger partial charge is 0.0617 e. The van der Waals surface area contributed by atoms with Gasteiger partial charge in [-0.3, -0.25) is 4.98 Å². The summed E-state index contributed by atoms with van der Waals surface area (Å²) in [6.07, 6.45) is 6.65. The molecule has 0 aliphatic rings. The van der Waals surface area contributed by atoms with Crippen molar-refractivity contribution < 1.29 is 4.74 Å². The number of rotatable bonds is 7. The Kier molecular flexibility index (Phi) is 5.97. The number of pyridine rings is 1. The van der Waals surface area contributed by atoms with Gasteiger partial charge in [-0.15, -0.1) is 0 Å². The number of aryl methyl sites for hydroxylation is 1. The first-order valence-electron chi connectivity index (χ1n) is 5.55. The molecule has 0 spiro atoms. The molecule has 0 bridgehead atoms. The Hall–Kier alpha value is -0.930. The molecule has 0 fully saturated rings. The van der Waals surface area contributed by atoms with E-state index in [1.807, 2.05) is 24.5 Å². The van der Waals surface area contributed by atoms with Crippen LogP contribution in [-0.2, 0) is 11.2 Å². The molecule has 1 unspecified atom stereocenters. The molecule has 1 atom stereocenters. The molecule has 0 aromatic carbocycles. The Morgan fingerprint density at radius 2 is 2.13 bits per heavy atom. The molecule has 0 aliphatic carbocycles. The van der Waals surface area contributed by atoms with E-state index in [0.29, 0.717) is 6.61 Å². The van der Waals surface area contributed by atoms with E-state index in [4.69, 9.17) is 10.5 Å². The number of ether oxygens (including phenoxy) is 1. The molecular weight excluding hydrogens is 188 g/mol. The standard InChI is InChI=1S/C12H20N2O/c1-2-9-15-10-12(13)4-3-11-5-7-14-8-6-11/h5-8,12H,2-4,9-10,13H2,1H3. The molecule has 1 rings (SSSR count).